The van der Waals surface area contributed by atoms with Crippen LogP contribution < -0.4 is 5.73 Å². The zero-order chi connectivity index (χ0) is 19.3. The smallest absolute Gasteiger partial charge is 0.198 e. The maximum absolute atomic E-state index is 13.6. The molecule has 4 aromatic rings. The van der Waals surface area contributed by atoms with Gasteiger partial charge in [-0.3, -0.25) is 0 Å². The summed E-state index contributed by atoms with van der Waals surface area (Å²) in [6, 6.07) is 28.3. The summed E-state index contributed by atoms with van der Waals surface area (Å²) in [6.07, 6.45) is 0. The molecule has 0 aliphatic carbocycles. The van der Waals surface area contributed by atoms with Crippen molar-refractivity contribution in [1.82, 2.24) is 4.57 Å². The van der Waals surface area contributed by atoms with Crippen LogP contribution in [-0.2, 0) is 17.7 Å². The Hall–Kier alpha value is -1.89. The Morgan fingerprint density at radius 1 is 0.862 bits per heavy atom. The highest BCUT2D eigenvalue weighted by molar-refractivity contribution is 8.00. The largest absolute Gasteiger partial charge is 0.606 e. The van der Waals surface area contributed by atoms with Gasteiger partial charge >= 0.3 is 0 Å². The van der Waals surface area contributed by atoms with Gasteiger partial charge in [-0.25, -0.2) is 0 Å². The van der Waals surface area contributed by atoms with Crippen molar-refractivity contribution in [1.29, 1.82) is 0 Å². The molecule has 3 aromatic carbocycles. The molecule has 1 aromatic heterocycles. The second-order valence-corrected chi connectivity index (χ2v) is 8.94. The van der Waals surface area contributed by atoms with E-state index >= 15 is 0 Å². The molecule has 1 heterocycles. The van der Waals surface area contributed by atoms with Crippen molar-refractivity contribution in [2.75, 3.05) is 12.3 Å². The van der Waals surface area contributed by atoms with Crippen LogP contribution in [0.25, 0.3) is 10.9 Å². The average Bonchev–Trinajstić information content (AvgIpc) is 3.06. The second kappa shape index (κ2) is 10.2. The van der Waals surface area contributed by atoms with Crippen LogP contribution in [-0.4, -0.2) is 21.4 Å². The molecule has 1 unspecified atom stereocenters. The third kappa shape index (κ3) is 4.65. The zero-order valence-corrected chi connectivity index (χ0v) is 18.3. The van der Waals surface area contributed by atoms with Gasteiger partial charge in [0.05, 0.1) is 10.9 Å². The molecule has 3 nitrogen and oxygen atoms in total. The van der Waals surface area contributed by atoms with Gasteiger partial charge in [-0.1, -0.05) is 60.7 Å². The summed E-state index contributed by atoms with van der Waals surface area (Å²) in [5, 5.41) is 2.08. The van der Waals surface area contributed by atoms with Gasteiger partial charge in [0.25, 0.3) is 0 Å². The lowest BCUT2D eigenvalue weighted by Gasteiger charge is -2.13. The van der Waals surface area contributed by atoms with Crippen molar-refractivity contribution in [3.63, 3.8) is 0 Å². The van der Waals surface area contributed by atoms with Gasteiger partial charge in [0.1, 0.15) is 5.03 Å². The maximum Gasteiger partial charge on any atom is 0.198 e. The van der Waals surface area contributed by atoms with E-state index in [4.69, 9.17) is 5.73 Å². The number of nitrogens with two attached hydrogens (primary N) is 1. The molecule has 0 saturated heterocycles. The van der Waals surface area contributed by atoms with Gasteiger partial charge in [0, 0.05) is 30.0 Å². The number of halogens is 1. The van der Waals surface area contributed by atoms with E-state index in [0.29, 0.717) is 6.54 Å². The number of fused-ring (bicyclic) bond motifs is 1. The highest BCUT2D eigenvalue weighted by Gasteiger charge is 2.28. The third-order valence-corrected chi connectivity index (χ3v) is 7.31. The first kappa shape index (κ1) is 21.8. The highest BCUT2D eigenvalue weighted by Crippen LogP contribution is 2.39. The van der Waals surface area contributed by atoms with Crippen LogP contribution in [0.15, 0.2) is 99.7 Å². The molecular formula is C23H23ClN2OS2. The lowest BCUT2D eigenvalue weighted by atomic mass is 10.2. The standard InChI is InChI=1S/C23H22N2OS2.ClH/c24-15-16-27-23-22(28(26)19-11-5-2-6-12-19)20-13-7-8-14-21(20)25(23)17-18-9-3-1-4-10-18;/h1-14H,15-17,24H2;1H. The monoisotopic (exact) mass is 442 g/mol. The summed E-state index contributed by atoms with van der Waals surface area (Å²) >= 11 is 0.431. The molecule has 0 radical (unpaired) electrons. The summed E-state index contributed by atoms with van der Waals surface area (Å²) in [5.74, 6) is 0.782. The highest BCUT2D eigenvalue weighted by atomic mass is 35.5. The third-order valence-electron chi connectivity index (χ3n) is 4.56. The second-order valence-electron chi connectivity index (χ2n) is 6.44. The van der Waals surface area contributed by atoms with Crippen molar-refractivity contribution < 1.29 is 4.55 Å². The summed E-state index contributed by atoms with van der Waals surface area (Å²) in [4.78, 5) is 1.70. The van der Waals surface area contributed by atoms with Crippen LogP contribution in [0.5, 0.6) is 0 Å². The Morgan fingerprint density at radius 3 is 2.17 bits per heavy atom. The molecule has 0 aliphatic heterocycles. The summed E-state index contributed by atoms with van der Waals surface area (Å²) in [5.41, 5.74) is 8.12. The van der Waals surface area contributed by atoms with E-state index in [1.54, 1.807) is 11.8 Å². The predicted octanol–water partition coefficient (Wildman–Crippen LogP) is 5.33. The zero-order valence-electron chi connectivity index (χ0n) is 15.9. The number of hydrogen-bond acceptors (Lipinski definition) is 3. The molecule has 2 N–H and O–H groups in total. The molecule has 6 heteroatoms. The van der Waals surface area contributed by atoms with E-state index in [2.05, 4.69) is 41.0 Å². The lowest BCUT2D eigenvalue weighted by molar-refractivity contribution is 0.591. The van der Waals surface area contributed by atoms with E-state index in [1.165, 1.54) is 5.56 Å². The van der Waals surface area contributed by atoms with Gasteiger partial charge in [-0.2, -0.15) is 0 Å². The topological polar surface area (TPSA) is 54.0 Å². The van der Waals surface area contributed by atoms with Crippen LogP contribution in [0.1, 0.15) is 5.56 Å². The van der Waals surface area contributed by atoms with E-state index in [9.17, 15) is 4.55 Å². The molecular weight excluding hydrogens is 420 g/mol. The average molecular weight is 443 g/mol. The molecule has 0 fully saturated rings. The van der Waals surface area contributed by atoms with Crippen LogP contribution in [0, 0.1) is 0 Å². The minimum Gasteiger partial charge on any atom is -0.606 e. The van der Waals surface area contributed by atoms with Crippen molar-refractivity contribution in [2.24, 2.45) is 5.73 Å². The lowest BCUT2D eigenvalue weighted by Crippen LogP contribution is -2.08. The van der Waals surface area contributed by atoms with Crippen molar-refractivity contribution >= 4 is 46.2 Å². The van der Waals surface area contributed by atoms with Gasteiger partial charge in [0.2, 0.25) is 0 Å². The summed E-state index contributed by atoms with van der Waals surface area (Å²) in [7, 11) is 0. The van der Waals surface area contributed by atoms with Crippen molar-refractivity contribution in [3.8, 4) is 0 Å². The Bertz CT molecular complexity index is 1050. The van der Waals surface area contributed by atoms with Gasteiger partial charge in [0.15, 0.2) is 9.79 Å². The number of para-hydroxylation sites is 1. The van der Waals surface area contributed by atoms with Crippen molar-refractivity contribution in [3.05, 3.63) is 90.5 Å². The van der Waals surface area contributed by atoms with Gasteiger partial charge < -0.3 is 14.9 Å². The molecule has 1 atom stereocenters. The molecule has 4 rings (SSSR count). The molecule has 29 heavy (non-hydrogen) atoms. The van der Waals surface area contributed by atoms with E-state index in [1.807, 2.05) is 48.5 Å². The fourth-order valence-corrected chi connectivity index (χ4v) is 5.87. The van der Waals surface area contributed by atoms with E-state index in [-0.39, 0.29) is 12.4 Å². The van der Waals surface area contributed by atoms with Crippen LogP contribution in [0.2, 0.25) is 0 Å². The number of aromatic nitrogens is 1. The summed E-state index contributed by atoms with van der Waals surface area (Å²) < 4.78 is 15.8. The number of rotatable bonds is 7. The molecule has 0 spiro atoms. The predicted molar refractivity (Wildman–Crippen MR) is 126 cm³/mol. The van der Waals surface area contributed by atoms with Gasteiger partial charge in [-0.15, -0.1) is 24.2 Å². The maximum atomic E-state index is 13.6. The first-order chi connectivity index (χ1) is 13.8. The summed E-state index contributed by atoms with van der Waals surface area (Å²) in [6.45, 7) is 1.31. The number of hydrogen-bond donors (Lipinski definition) is 1. The molecule has 0 bridgehead atoms. The minimum absolute atomic E-state index is 0. The minimum atomic E-state index is -1.26. The quantitative estimate of drug-likeness (QED) is 0.311. The molecule has 0 amide bonds. The first-order valence-corrected chi connectivity index (χ1v) is 11.4. The Kier molecular flexibility index (Phi) is 7.70. The SMILES string of the molecule is Cl.NCCSc1c([S+]([O-])c2ccccc2)c2ccccc2n1Cc1ccccc1. The van der Waals surface area contributed by atoms with Crippen LogP contribution in [0.4, 0.5) is 0 Å². The number of benzene rings is 3. The van der Waals surface area contributed by atoms with Gasteiger partial charge in [-0.05, 0) is 29.8 Å². The normalized spacial score (nSPS) is 11.9. The fourth-order valence-electron chi connectivity index (χ4n) is 3.31. The van der Waals surface area contributed by atoms with E-state index in [0.717, 1.165) is 38.0 Å². The molecule has 150 valence electrons. The Labute approximate surface area is 184 Å². The fraction of sp³-hybridized carbons (Fsp3) is 0.130. The first-order valence-electron chi connectivity index (χ1n) is 9.24. The number of thioether (sulfide) groups is 1. The Morgan fingerprint density at radius 2 is 1.48 bits per heavy atom. The number of nitrogens with zero attached hydrogens (tertiary/aromatic N) is 1. The molecule has 0 aliphatic rings. The van der Waals surface area contributed by atoms with Crippen LogP contribution >= 0.6 is 24.2 Å². The molecule has 0 saturated carbocycles. The van der Waals surface area contributed by atoms with Crippen LogP contribution in [0.3, 0.4) is 0 Å². The van der Waals surface area contributed by atoms with Crippen molar-refractivity contribution in [2.45, 2.75) is 21.4 Å². The Balaban J connectivity index is 0.00000240. The van der Waals surface area contributed by atoms with E-state index < -0.39 is 11.2 Å².